The zero-order chi connectivity index (χ0) is 20.7. The van der Waals surface area contributed by atoms with Crippen molar-refractivity contribution in [1.82, 2.24) is 4.57 Å². The highest BCUT2D eigenvalue weighted by molar-refractivity contribution is 6.08. The van der Waals surface area contributed by atoms with Crippen LogP contribution in [0.2, 0.25) is 0 Å². The van der Waals surface area contributed by atoms with E-state index in [-0.39, 0.29) is 12.5 Å². The van der Waals surface area contributed by atoms with Gasteiger partial charge in [0.05, 0.1) is 7.11 Å². The summed E-state index contributed by atoms with van der Waals surface area (Å²) < 4.78 is 18.0. The molecule has 150 valence electrons. The van der Waals surface area contributed by atoms with E-state index >= 15 is 0 Å². The van der Waals surface area contributed by atoms with Crippen LogP contribution in [0.1, 0.15) is 16.1 Å². The highest BCUT2D eigenvalue weighted by Crippen LogP contribution is 2.37. The molecule has 1 aliphatic heterocycles. The van der Waals surface area contributed by atoms with Gasteiger partial charge in [0.2, 0.25) is 6.79 Å². The van der Waals surface area contributed by atoms with Gasteiger partial charge in [-0.1, -0.05) is 36.4 Å². The summed E-state index contributed by atoms with van der Waals surface area (Å²) in [7, 11) is 1.61. The molecule has 0 spiro atoms. The molecule has 5 rings (SSSR count). The van der Waals surface area contributed by atoms with Crippen molar-refractivity contribution in [3.05, 3.63) is 78.0 Å². The Labute approximate surface area is 172 Å². The van der Waals surface area contributed by atoms with Crippen molar-refractivity contribution in [1.29, 1.82) is 0 Å². The Kier molecular flexibility index (Phi) is 4.32. The number of ether oxygens (including phenoxy) is 3. The normalized spacial score (nSPS) is 12.3. The second-order valence-corrected chi connectivity index (χ2v) is 7.05. The Morgan fingerprint density at radius 1 is 1.03 bits per heavy atom. The number of rotatable bonds is 5. The third-order valence-electron chi connectivity index (χ3n) is 5.33. The monoisotopic (exact) mass is 401 g/mol. The molecule has 0 bridgehead atoms. The molecule has 0 amide bonds. The van der Waals surface area contributed by atoms with Crippen LogP contribution in [0.5, 0.6) is 17.2 Å². The molecule has 0 aliphatic carbocycles. The standard InChI is InChI=1S/C24H19NO5/c1-28-17-9-7-16(8-10-17)22-18-4-2-3-5-19(18)25(23(22)24(26)27)13-15-6-11-20-21(12-15)30-14-29-20/h2-12H,13-14H2,1H3,(H,26,27). The van der Waals surface area contributed by atoms with Crippen LogP contribution in [0.3, 0.4) is 0 Å². The fraction of sp³-hybridized carbons (Fsp3) is 0.125. The molecular weight excluding hydrogens is 382 g/mol. The van der Waals surface area contributed by atoms with Gasteiger partial charge in [0.15, 0.2) is 11.5 Å². The third kappa shape index (κ3) is 2.93. The van der Waals surface area contributed by atoms with Crippen LogP contribution in [-0.2, 0) is 6.54 Å². The van der Waals surface area contributed by atoms with E-state index in [1.54, 1.807) is 7.11 Å². The summed E-state index contributed by atoms with van der Waals surface area (Å²) in [6, 6.07) is 20.9. The van der Waals surface area contributed by atoms with Crippen molar-refractivity contribution in [2.75, 3.05) is 13.9 Å². The summed E-state index contributed by atoms with van der Waals surface area (Å²) in [5, 5.41) is 11.0. The Morgan fingerprint density at radius 2 is 1.80 bits per heavy atom. The lowest BCUT2D eigenvalue weighted by molar-refractivity contribution is 0.0687. The Morgan fingerprint density at radius 3 is 2.57 bits per heavy atom. The molecule has 1 N–H and O–H groups in total. The first kappa shape index (κ1) is 18.1. The molecule has 0 saturated heterocycles. The van der Waals surface area contributed by atoms with Crippen molar-refractivity contribution in [3.8, 4) is 28.4 Å². The van der Waals surface area contributed by atoms with Gasteiger partial charge in [-0.15, -0.1) is 0 Å². The molecule has 6 heteroatoms. The van der Waals surface area contributed by atoms with Crippen LogP contribution < -0.4 is 14.2 Å². The quantitative estimate of drug-likeness (QED) is 0.521. The molecule has 2 heterocycles. The largest absolute Gasteiger partial charge is 0.497 e. The average molecular weight is 401 g/mol. The molecule has 0 atom stereocenters. The van der Waals surface area contributed by atoms with E-state index in [9.17, 15) is 9.90 Å². The molecule has 0 saturated carbocycles. The SMILES string of the molecule is COc1ccc(-c2c(C(=O)O)n(Cc3ccc4c(c3)OCO4)c3ccccc23)cc1. The first-order valence-corrected chi connectivity index (χ1v) is 9.53. The molecular formula is C24H19NO5. The maximum Gasteiger partial charge on any atom is 0.353 e. The van der Waals surface area contributed by atoms with Gasteiger partial charge in [0.25, 0.3) is 0 Å². The summed E-state index contributed by atoms with van der Waals surface area (Å²) >= 11 is 0. The van der Waals surface area contributed by atoms with E-state index in [2.05, 4.69) is 0 Å². The van der Waals surface area contributed by atoms with Crippen LogP contribution in [-0.4, -0.2) is 29.5 Å². The Bertz CT molecular complexity index is 1260. The smallest absolute Gasteiger partial charge is 0.353 e. The minimum absolute atomic E-state index is 0.202. The fourth-order valence-electron chi connectivity index (χ4n) is 3.96. The number of para-hydroxylation sites is 1. The number of carbonyl (C=O) groups is 1. The lowest BCUT2D eigenvalue weighted by atomic mass is 10.0. The topological polar surface area (TPSA) is 69.9 Å². The van der Waals surface area contributed by atoms with Gasteiger partial charge in [-0.3, -0.25) is 0 Å². The molecule has 0 unspecified atom stereocenters. The molecule has 4 aromatic rings. The minimum Gasteiger partial charge on any atom is -0.497 e. The predicted molar refractivity (Wildman–Crippen MR) is 113 cm³/mol. The first-order valence-electron chi connectivity index (χ1n) is 9.53. The molecule has 30 heavy (non-hydrogen) atoms. The van der Waals surface area contributed by atoms with Crippen molar-refractivity contribution in [2.24, 2.45) is 0 Å². The second-order valence-electron chi connectivity index (χ2n) is 7.05. The second kappa shape index (κ2) is 7.15. The van der Waals surface area contributed by atoms with Crippen molar-refractivity contribution in [2.45, 2.75) is 6.54 Å². The number of hydrogen-bond donors (Lipinski definition) is 1. The molecule has 3 aromatic carbocycles. The summed E-state index contributed by atoms with van der Waals surface area (Å²) in [5.74, 6) is 1.13. The molecule has 0 radical (unpaired) electrons. The lowest BCUT2D eigenvalue weighted by Gasteiger charge is -2.10. The molecule has 1 aliphatic rings. The van der Waals surface area contributed by atoms with Crippen LogP contribution in [0.4, 0.5) is 0 Å². The van der Waals surface area contributed by atoms with Gasteiger partial charge in [-0.2, -0.15) is 0 Å². The van der Waals surface area contributed by atoms with Crippen LogP contribution in [0, 0.1) is 0 Å². The maximum atomic E-state index is 12.4. The Hall–Kier alpha value is -3.93. The van der Waals surface area contributed by atoms with Gasteiger partial charge in [-0.25, -0.2) is 4.79 Å². The first-order chi connectivity index (χ1) is 14.7. The predicted octanol–water partition coefficient (Wildman–Crippen LogP) is 4.79. The van der Waals surface area contributed by atoms with Gasteiger partial charge >= 0.3 is 5.97 Å². The number of nitrogens with zero attached hydrogens (tertiary/aromatic N) is 1. The van der Waals surface area contributed by atoms with Gasteiger partial charge < -0.3 is 23.9 Å². The van der Waals surface area contributed by atoms with Crippen LogP contribution in [0.15, 0.2) is 66.7 Å². The van der Waals surface area contributed by atoms with E-state index in [0.29, 0.717) is 23.6 Å². The van der Waals surface area contributed by atoms with Crippen molar-refractivity contribution in [3.63, 3.8) is 0 Å². The summed E-state index contributed by atoms with van der Waals surface area (Å²) in [5.41, 5.74) is 3.57. The number of carboxylic acid groups (broad SMARTS) is 1. The van der Waals surface area contributed by atoms with Crippen LogP contribution >= 0.6 is 0 Å². The molecule has 6 nitrogen and oxygen atoms in total. The summed E-state index contributed by atoms with van der Waals surface area (Å²) in [4.78, 5) is 12.4. The number of methoxy groups -OCH3 is 1. The number of fused-ring (bicyclic) bond motifs is 2. The maximum absolute atomic E-state index is 12.4. The van der Waals surface area contributed by atoms with E-state index in [1.807, 2.05) is 71.3 Å². The highest BCUT2D eigenvalue weighted by Gasteiger charge is 2.24. The van der Waals surface area contributed by atoms with Gasteiger partial charge in [0.1, 0.15) is 11.4 Å². The number of carboxylic acids is 1. The van der Waals surface area contributed by atoms with E-state index in [4.69, 9.17) is 14.2 Å². The minimum atomic E-state index is -0.974. The number of aromatic carboxylic acids is 1. The number of benzene rings is 3. The molecule has 0 fully saturated rings. The third-order valence-corrected chi connectivity index (χ3v) is 5.33. The van der Waals surface area contributed by atoms with Gasteiger partial charge in [-0.05, 0) is 41.5 Å². The Balaban J connectivity index is 1.69. The zero-order valence-electron chi connectivity index (χ0n) is 16.3. The summed E-state index contributed by atoms with van der Waals surface area (Å²) in [6.45, 7) is 0.599. The number of hydrogen-bond acceptors (Lipinski definition) is 4. The average Bonchev–Trinajstić information content (AvgIpc) is 3.36. The van der Waals surface area contributed by atoms with E-state index in [0.717, 1.165) is 27.8 Å². The lowest BCUT2D eigenvalue weighted by Crippen LogP contribution is -2.10. The van der Waals surface area contributed by atoms with Crippen LogP contribution in [0.25, 0.3) is 22.0 Å². The van der Waals surface area contributed by atoms with Crippen molar-refractivity contribution < 1.29 is 24.1 Å². The van der Waals surface area contributed by atoms with E-state index < -0.39 is 5.97 Å². The molecule has 1 aromatic heterocycles. The number of aromatic nitrogens is 1. The van der Waals surface area contributed by atoms with Crippen molar-refractivity contribution >= 4 is 16.9 Å². The fourth-order valence-corrected chi connectivity index (χ4v) is 3.96. The zero-order valence-corrected chi connectivity index (χ0v) is 16.3. The summed E-state index contributed by atoms with van der Waals surface area (Å²) in [6.07, 6.45) is 0. The van der Waals surface area contributed by atoms with Gasteiger partial charge in [0, 0.05) is 23.0 Å². The van der Waals surface area contributed by atoms with E-state index in [1.165, 1.54) is 0 Å². The highest BCUT2D eigenvalue weighted by atomic mass is 16.7.